The Morgan fingerprint density at radius 1 is 1.03 bits per heavy atom. The van der Waals surface area contributed by atoms with Crippen LogP contribution in [0.4, 0.5) is 11.6 Å². The lowest BCUT2D eigenvalue weighted by atomic mass is 10.1. The Balaban J connectivity index is 1.40. The van der Waals surface area contributed by atoms with E-state index < -0.39 is 5.91 Å². The summed E-state index contributed by atoms with van der Waals surface area (Å²) in [4.78, 5) is 24.8. The number of amides is 1. The topological polar surface area (TPSA) is 103 Å². The van der Waals surface area contributed by atoms with E-state index in [-0.39, 0.29) is 0 Å². The van der Waals surface area contributed by atoms with Crippen LogP contribution in [0.1, 0.15) is 47.0 Å². The van der Waals surface area contributed by atoms with Crippen molar-refractivity contribution in [2.24, 2.45) is 5.73 Å². The molecule has 0 spiro atoms. The molecule has 0 bridgehead atoms. The molecule has 1 aliphatic carbocycles. The summed E-state index contributed by atoms with van der Waals surface area (Å²) >= 11 is 1.63. The highest BCUT2D eigenvalue weighted by molar-refractivity contribution is 7.14. The fourth-order valence-corrected chi connectivity index (χ4v) is 5.04. The molecular weight excluding hydrogens is 434 g/mol. The van der Waals surface area contributed by atoms with Crippen molar-refractivity contribution in [2.45, 2.75) is 31.6 Å². The SMILES string of the molecule is NC(=O)c1ccc(Nc2cc(Oc3sc(C4CCCC4)nc3-c3ccccc3)ccn2)nc1. The fourth-order valence-electron chi connectivity index (χ4n) is 3.91. The molecule has 0 aliphatic heterocycles. The molecule has 0 radical (unpaired) electrons. The number of nitrogens with two attached hydrogens (primary N) is 1. The molecule has 0 unspecified atom stereocenters. The highest BCUT2D eigenvalue weighted by Gasteiger charge is 2.24. The van der Waals surface area contributed by atoms with Gasteiger partial charge in [-0.15, -0.1) is 0 Å². The monoisotopic (exact) mass is 457 g/mol. The lowest BCUT2D eigenvalue weighted by Crippen LogP contribution is -2.11. The maximum absolute atomic E-state index is 11.2. The molecule has 8 heteroatoms. The molecule has 5 rings (SSSR count). The van der Waals surface area contributed by atoms with Gasteiger partial charge in [0.15, 0.2) is 0 Å². The number of ether oxygens (including phenoxy) is 1. The summed E-state index contributed by atoms with van der Waals surface area (Å²) in [5, 5.41) is 5.05. The second-order valence-corrected chi connectivity index (χ2v) is 8.93. The van der Waals surface area contributed by atoms with Crippen LogP contribution in [0.2, 0.25) is 0 Å². The maximum Gasteiger partial charge on any atom is 0.250 e. The van der Waals surface area contributed by atoms with Gasteiger partial charge in [0.2, 0.25) is 11.0 Å². The van der Waals surface area contributed by atoms with Gasteiger partial charge in [-0.2, -0.15) is 0 Å². The third-order valence-corrected chi connectivity index (χ3v) is 6.71. The second-order valence-electron chi connectivity index (χ2n) is 7.94. The summed E-state index contributed by atoms with van der Waals surface area (Å²) in [7, 11) is 0. The van der Waals surface area contributed by atoms with E-state index in [0.717, 1.165) is 21.3 Å². The van der Waals surface area contributed by atoms with Crippen LogP contribution in [0.15, 0.2) is 67.0 Å². The van der Waals surface area contributed by atoms with Gasteiger partial charge in [0.05, 0.1) is 5.56 Å². The zero-order valence-corrected chi connectivity index (χ0v) is 18.7. The van der Waals surface area contributed by atoms with Crippen LogP contribution in [0.25, 0.3) is 11.3 Å². The number of hydrogen-bond donors (Lipinski definition) is 2. The van der Waals surface area contributed by atoms with Crippen LogP contribution in [0.5, 0.6) is 10.8 Å². The zero-order chi connectivity index (χ0) is 22.6. The largest absolute Gasteiger partial charge is 0.444 e. The molecule has 1 saturated carbocycles. The first-order valence-electron chi connectivity index (χ1n) is 10.9. The zero-order valence-electron chi connectivity index (χ0n) is 17.9. The Morgan fingerprint density at radius 3 is 2.58 bits per heavy atom. The van der Waals surface area contributed by atoms with Crippen molar-refractivity contribution >= 4 is 28.9 Å². The molecule has 3 aromatic heterocycles. The molecule has 4 aromatic rings. The van der Waals surface area contributed by atoms with Gasteiger partial charge in [-0.25, -0.2) is 15.0 Å². The van der Waals surface area contributed by atoms with Crippen molar-refractivity contribution in [2.75, 3.05) is 5.32 Å². The van der Waals surface area contributed by atoms with Crippen molar-refractivity contribution in [3.8, 4) is 22.1 Å². The summed E-state index contributed by atoms with van der Waals surface area (Å²) in [6, 6.07) is 17.1. The smallest absolute Gasteiger partial charge is 0.250 e. The average Bonchev–Trinajstić information content (AvgIpc) is 3.51. The number of rotatable bonds is 7. The summed E-state index contributed by atoms with van der Waals surface area (Å²) in [6.45, 7) is 0. The van der Waals surface area contributed by atoms with Gasteiger partial charge in [0.1, 0.15) is 28.1 Å². The summed E-state index contributed by atoms with van der Waals surface area (Å²) in [5.41, 5.74) is 7.54. The highest BCUT2D eigenvalue weighted by Crippen LogP contribution is 2.44. The number of aromatic nitrogens is 3. The first-order valence-corrected chi connectivity index (χ1v) is 11.7. The molecule has 0 atom stereocenters. The van der Waals surface area contributed by atoms with Gasteiger partial charge in [-0.05, 0) is 31.0 Å². The molecule has 1 amide bonds. The van der Waals surface area contributed by atoms with Crippen molar-refractivity contribution in [3.05, 3.63) is 77.6 Å². The molecule has 166 valence electrons. The first kappa shape index (κ1) is 21.1. The molecule has 1 fully saturated rings. The van der Waals surface area contributed by atoms with Crippen molar-refractivity contribution in [1.29, 1.82) is 0 Å². The van der Waals surface area contributed by atoms with Gasteiger partial charge in [-0.1, -0.05) is 54.5 Å². The number of benzene rings is 1. The minimum Gasteiger partial charge on any atom is -0.444 e. The van der Waals surface area contributed by atoms with Crippen LogP contribution in [-0.2, 0) is 0 Å². The molecule has 0 saturated heterocycles. The van der Waals surface area contributed by atoms with E-state index in [9.17, 15) is 4.79 Å². The Bertz CT molecular complexity index is 1250. The molecule has 3 N–H and O–H groups in total. The van der Waals surface area contributed by atoms with E-state index in [2.05, 4.69) is 27.4 Å². The summed E-state index contributed by atoms with van der Waals surface area (Å²) in [6.07, 6.45) is 8.00. The number of carbonyl (C=O) groups excluding carboxylic acids is 1. The highest BCUT2D eigenvalue weighted by atomic mass is 32.1. The number of nitrogens with one attached hydrogen (secondary N) is 1. The third-order valence-electron chi connectivity index (χ3n) is 5.61. The van der Waals surface area contributed by atoms with E-state index in [4.69, 9.17) is 15.5 Å². The molecular formula is C25H23N5O2S. The molecule has 1 aliphatic rings. The van der Waals surface area contributed by atoms with Gasteiger partial charge >= 0.3 is 0 Å². The standard InChI is InChI=1S/C25H23N5O2S/c26-23(31)18-10-11-20(28-15-18)29-21-14-19(12-13-27-21)32-25-22(16-6-2-1-3-7-16)30-24(33-25)17-8-4-5-9-17/h1-3,6-7,10-15,17H,4-5,8-9H2,(H2,26,31)(H,27,28,29). The van der Waals surface area contributed by atoms with Gasteiger partial charge in [-0.3, -0.25) is 4.79 Å². The van der Waals surface area contributed by atoms with Gasteiger partial charge < -0.3 is 15.8 Å². The predicted octanol–water partition coefficient (Wildman–Crippen LogP) is 5.89. The van der Waals surface area contributed by atoms with Crippen molar-refractivity contribution in [3.63, 3.8) is 0 Å². The lowest BCUT2D eigenvalue weighted by Gasteiger charge is -2.08. The number of nitrogens with zero attached hydrogens (tertiary/aromatic N) is 3. The average molecular weight is 458 g/mol. The Kier molecular flexibility index (Phi) is 5.99. The van der Waals surface area contributed by atoms with Crippen LogP contribution in [0.3, 0.4) is 0 Å². The van der Waals surface area contributed by atoms with E-state index >= 15 is 0 Å². The maximum atomic E-state index is 11.2. The second kappa shape index (κ2) is 9.38. The van der Waals surface area contributed by atoms with E-state index in [1.807, 2.05) is 30.3 Å². The number of carbonyl (C=O) groups is 1. The van der Waals surface area contributed by atoms with Crippen LogP contribution >= 0.6 is 11.3 Å². The Morgan fingerprint density at radius 2 is 1.85 bits per heavy atom. The number of thiazole rings is 1. The number of hydrogen-bond acceptors (Lipinski definition) is 7. The first-order chi connectivity index (χ1) is 16.2. The Labute approximate surface area is 195 Å². The van der Waals surface area contributed by atoms with Crippen LogP contribution in [0, 0.1) is 0 Å². The predicted molar refractivity (Wildman–Crippen MR) is 129 cm³/mol. The number of anilines is 2. The molecule has 1 aromatic carbocycles. The Hall–Kier alpha value is -3.78. The molecule has 3 heterocycles. The van der Waals surface area contributed by atoms with Gasteiger partial charge in [0.25, 0.3) is 0 Å². The third kappa shape index (κ3) is 4.85. The number of pyridine rings is 2. The normalized spacial score (nSPS) is 13.7. The van der Waals surface area contributed by atoms with Crippen LogP contribution < -0.4 is 15.8 Å². The van der Waals surface area contributed by atoms with Crippen LogP contribution in [-0.4, -0.2) is 20.9 Å². The van der Waals surface area contributed by atoms with E-state index in [0.29, 0.717) is 28.9 Å². The quantitative estimate of drug-likeness (QED) is 0.358. The van der Waals surface area contributed by atoms with Gasteiger partial charge in [0, 0.05) is 29.9 Å². The van der Waals surface area contributed by atoms with Crippen molar-refractivity contribution in [1.82, 2.24) is 15.0 Å². The summed E-state index contributed by atoms with van der Waals surface area (Å²) in [5.74, 6) is 1.78. The minimum absolute atomic E-state index is 0.349. The van der Waals surface area contributed by atoms with E-state index in [1.165, 1.54) is 31.9 Å². The lowest BCUT2D eigenvalue weighted by molar-refractivity contribution is 0.1000. The van der Waals surface area contributed by atoms with Crippen molar-refractivity contribution < 1.29 is 9.53 Å². The number of primary amides is 1. The summed E-state index contributed by atoms with van der Waals surface area (Å²) < 4.78 is 6.33. The molecule has 7 nitrogen and oxygen atoms in total. The van der Waals surface area contributed by atoms with E-state index in [1.54, 1.807) is 29.7 Å². The minimum atomic E-state index is -0.515. The fraction of sp³-hybridized carbons (Fsp3) is 0.200. The molecule has 33 heavy (non-hydrogen) atoms.